The van der Waals surface area contributed by atoms with Crippen molar-refractivity contribution >= 4 is 17.6 Å². The summed E-state index contributed by atoms with van der Waals surface area (Å²) in [5, 5.41) is 4.22. The molecule has 3 rings (SSSR count). The highest BCUT2D eigenvalue weighted by Crippen LogP contribution is 2.26. The predicted octanol–water partition coefficient (Wildman–Crippen LogP) is 1.35. The van der Waals surface area contributed by atoms with Crippen LogP contribution in [0.1, 0.15) is 31.9 Å². The number of aromatic nitrogens is 4. The van der Waals surface area contributed by atoms with Crippen molar-refractivity contribution in [1.29, 1.82) is 0 Å². The minimum Gasteiger partial charge on any atom is -0.464 e. The molecule has 0 radical (unpaired) electrons. The molecule has 1 aliphatic rings. The molecule has 0 spiro atoms. The molecule has 1 unspecified atom stereocenters. The zero-order valence-corrected chi connectivity index (χ0v) is 12.3. The Morgan fingerprint density at radius 3 is 3.14 bits per heavy atom. The van der Waals surface area contributed by atoms with Gasteiger partial charge in [-0.2, -0.15) is 14.6 Å². The lowest BCUT2D eigenvalue weighted by atomic mass is 10.0. The molecule has 7 heteroatoms. The van der Waals surface area contributed by atoms with E-state index in [1.165, 1.54) is 6.33 Å². The summed E-state index contributed by atoms with van der Waals surface area (Å²) >= 11 is 0. The number of rotatable bonds is 3. The molecule has 1 fully saturated rings. The van der Waals surface area contributed by atoms with Crippen LogP contribution >= 0.6 is 0 Å². The Kier molecular flexibility index (Phi) is 3.72. The molecule has 2 aromatic heterocycles. The van der Waals surface area contributed by atoms with Crippen LogP contribution in [0.5, 0.6) is 0 Å². The van der Waals surface area contributed by atoms with E-state index in [-0.39, 0.29) is 12.0 Å². The highest BCUT2D eigenvalue weighted by atomic mass is 16.5. The molecular formula is C14H19N5O2. The summed E-state index contributed by atoms with van der Waals surface area (Å²) in [7, 11) is 0. The lowest BCUT2D eigenvalue weighted by Crippen LogP contribution is -2.46. The first kappa shape index (κ1) is 13.8. The standard InChI is InChI=1S/C14H19N5O2/c1-3-21-13(20)11-6-4-5-7-18(11)12-8-10(2)17-14-15-9-16-19(12)14/h8-9,11H,3-7H2,1-2H3. The molecule has 1 aliphatic heterocycles. The van der Waals surface area contributed by atoms with Crippen molar-refractivity contribution in [2.24, 2.45) is 0 Å². The Labute approximate surface area is 122 Å². The van der Waals surface area contributed by atoms with E-state index in [0.29, 0.717) is 12.4 Å². The Balaban J connectivity index is 2.02. The maximum atomic E-state index is 12.2. The predicted molar refractivity (Wildman–Crippen MR) is 77.1 cm³/mol. The van der Waals surface area contributed by atoms with E-state index in [1.807, 2.05) is 19.9 Å². The van der Waals surface area contributed by atoms with Gasteiger partial charge in [0, 0.05) is 18.3 Å². The van der Waals surface area contributed by atoms with E-state index >= 15 is 0 Å². The van der Waals surface area contributed by atoms with Gasteiger partial charge in [0.1, 0.15) is 18.2 Å². The second kappa shape index (κ2) is 5.67. The van der Waals surface area contributed by atoms with Gasteiger partial charge in [0.05, 0.1) is 6.61 Å². The van der Waals surface area contributed by atoms with Crippen LogP contribution in [-0.2, 0) is 9.53 Å². The van der Waals surface area contributed by atoms with Gasteiger partial charge < -0.3 is 9.64 Å². The van der Waals surface area contributed by atoms with Crippen LogP contribution in [0.3, 0.4) is 0 Å². The summed E-state index contributed by atoms with van der Waals surface area (Å²) in [6.07, 6.45) is 4.36. The van der Waals surface area contributed by atoms with Crippen molar-refractivity contribution in [3.8, 4) is 0 Å². The van der Waals surface area contributed by atoms with Gasteiger partial charge in [-0.1, -0.05) is 0 Å². The van der Waals surface area contributed by atoms with Crippen LogP contribution < -0.4 is 4.90 Å². The molecule has 2 aromatic rings. The van der Waals surface area contributed by atoms with E-state index in [9.17, 15) is 4.79 Å². The fourth-order valence-electron chi connectivity index (χ4n) is 2.81. The number of esters is 1. The van der Waals surface area contributed by atoms with Crippen molar-refractivity contribution in [2.75, 3.05) is 18.1 Å². The molecule has 0 aromatic carbocycles. The molecule has 0 bridgehead atoms. The third-order valence-electron chi connectivity index (χ3n) is 3.72. The van der Waals surface area contributed by atoms with Gasteiger partial charge in [-0.3, -0.25) is 0 Å². The van der Waals surface area contributed by atoms with E-state index in [1.54, 1.807) is 4.52 Å². The number of carbonyl (C=O) groups excluding carboxylic acids is 1. The van der Waals surface area contributed by atoms with Gasteiger partial charge >= 0.3 is 5.97 Å². The number of hydrogen-bond donors (Lipinski definition) is 0. The van der Waals surface area contributed by atoms with Crippen molar-refractivity contribution in [3.05, 3.63) is 18.1 Å². The lowest BCUT2D eigenvalue weighted by Gasteiger charge is -2.35. The van der Waals surface area contributed by atoms with Gasteiger partial charge in [-0.15, -0.1) is 0 Å². The van der Waals surface area contributed by atoms with Crippen LogP contribution in [0, 0.1) is 6.92 Å². The number of anilines is 1. The van der Waals surface area contributed by atoms with E-state index in [0.717, 1.165) is 37.3 Å². The summed E-state index contributed by atoms with van der Waals surface area (Å²) in [5.41, 5.74) is 0.860. The van der Waals surface area contributed by atoms with Crippen molar-refractivity contribution in [2.45, 2.75) is 39.2 Å². The summed E-state index contributed by atoms with van der Waals surface area (Å²) in [6.45, 7) is 4.96. The fourth-order valence-corrected chi connectivity index (χ4v) is 2.81. The maximum absolute atomic E-state index is 12.2. The van der Waals surface area contributed by atoms with Gasteiger partial charge in [0.25, 0.3) is 5.78 Å². The number of ether oxygens (including phenoxy) is 1. The average molecular weight is 289 g/mol. The Bertz CT molecular complexity index is 654. The van der Waals surface area contributed by atoms with Crippen LogP contribution in [0.4, 0.5) is 5.82 Å². The number of carbonyl (C=O) groups is 1. The third-order valence-corrected chi connectivity index (χ3v) is 3.72. The summed E-state index contributed by atoms with van der Waals surface area (Å²) in [5.74, 6) is 1.24. The number of aryl methyl sites for hydroxylation is 1. The van der Waals surface area contributed by atoms with E-state index in [2.05, 4.69) is 20.0 Å². The summed E-state index contributed by atoms with van der Waals surface area (Å²) in [6, 6.07) is 1.69. The lowest BCUT2D eigenvalue weighted by molar-refractivity contribution is -0.145. The molecule has 0 saturated carbocycles. The quantitative estimate of drug-likeness (QED) is 0.794. The Morgan fingerprint density at radius 2 is 2.33 bits per heavy atom. The van der Waals surface area contributed by atoms with E-state index < -0.39 is 0 Å². The number of piperidine rings is 1. The van der Waals surface area contributed by atoms with Crippen LogP contribution in [0.15, 0.2) is 12.4 Å². The topological polar surface area (TPSA) is 72.6 Å². The molecule has 1 saturated heterocycles. The first-order valence-corrected chi connectivity index (χ1v) is 7.31. The summed E-state index contributed by atoms with van der Waals surface area (Å²) < 4.78 is 6.90. The van der Waals surface area contributed by atoms with Crippen molar-refractivity contribution in [3.63, 3.8) is 0 Å². The molecule has 0 amide bonds. The van der Waals surface area contributed by atoms with Crippen LogP contribution in [0.25, 0.3) is 5.78 Å². The van der Waals surface area contributed by atoms with Crippen molar-refractivity contribution < 1.29 is 9.53 Å². The Morgan fingerprint density at radius 1 is 1.48 bits per heavy atom. The molecular weight excluding hydrogens is 270 g/mol. The fraction of sp³-hybridized carbons (Fsp3) is 0.571. The average Bonchev–Trinajstić information content (AvgIpc) is 2.94. The summed E-state index contributed by atoms with van der Waals surface area (Å²) in [4.78, 5) is 22.8. The van der Waals surface area contributed by atoms with Gasteiger partial charge in [-0.25, -0.2) is 9.78 Å². The molecule has 0 aliphatic carbocycles. The molecule has 3 heterocycles. The third kappa shape index (κ3) is 2.55. The van der Waals surface area contributed by atoms with Crippen molar-refractivity contribution in [1.82, 2.24) is 19.6 Å². The first-order valence-electron chi connectivity index (χ1n) is 7.31. The van der Waals surface area contributed by atoms with Crippen LogP contribution in [0.2, 0.25) is 0 Å². The second-order valence-electron chi connectivity index (χ2n) is 5.18. The second-order valence-corrected chi connectivity index (χ2v) is 5.18. The number of nitrogens with zero attached hydrogens (tertiary/aromatic N) is 5. The Hall–Kier alpha value is -2.18. The van der Waals surface area contributed by atoms with Gasteiger partial charge in [-0.05, 0) is 33.1 Å². The molecule has 7 nitrogen and oxygen atoms in total. The zero-order valence-electron chi connectivity index (χ0n) is 12.3. The van der Waals surface area contributed by atoms with Gasteiger partial charge in [0.15, 0.2) is 0 Å². The highest BCUT2D eigenvalue weighted by Gasteiger charge is 2.31. The smallest absolute Gasteiger partial charge is 0.328 e. The number of hydrogen-bond acceptors (Lipinski definition) is 6. The molecule has 21 heavy (non-hydrogen) atoms. The minimum atomic E-state index is -0.257. The normalized spacial score (nSPS) is 19.0. The van der Waals surface area contributed by atoms with E-state index in [4.69, 9.17) is 4.74 Å². The minimum absolute atomic E-state index is 0.167. The zero-order chi connectivity index (χ0) is 14.8. The molecule has 112 valence electrons. The molecule has 1 atom stereocenters. The largest absolute Gasteiger partial charge is 0.464 e. The van der Waals surface area contributed by atoms with Crippen LogP contribution in [-0.4, -0.2) is 44.7 Å². The van der Waals surface area contributed by atoms with Gasteiger partial charge in [0.2, 0.25) is 0 Å². The highest BCUT2D eigenvalue weighted by molar-refractivity contribution is 5.80. The first-order chi connectivity index (χ1) is 10.2. The number of fused-ring (bicyclic) bond motifs is 1. The molecule has 0 N–H and O–H groups in total. The SMILES string of the molecule is CCOC(=O)C1CCCCN1c1cc(C)nc2ncnn12. The monoisotopic (exact) mass is 289 g/mol. The maximum Gasteiger partial charge on any atom is 0.328 e.